The van der Waals surface area contributed by atoms with E-state index in [1.54, 1.807) is 33.0 Å². The highest BCUT2D eigenvalue weighted by Crippen LogP contribution is 2.45. The van der Waals surface area contributed by atoms with Crippen molar-refractivity contribution in [2.75, 3.05) is 59.6 Å². The molecule has 0 aliphatic rings. The third-order valence-electron chi connectivity index (χ3n) is 4.91. The molecule has 0 bridgehead atoms. The highest BCUT2D eigenvalue weighted by Gasteiger charge is 2.25. The minimum atomic E-state index is 0.550. The van der Waals surface area contributed by atoms with Crippen molar-refractivity contribution >= 4 is 27.5 Å². The van der Waals surface area contributed by atoms with Crippen molar-refractivity contribution in [3.63, 3.8) is 0 Å². The van der Waals surface area contributed by atoms with Gasteiger partial charge in [-0.1, -0.05) is 0 Å². The molecule has 0 saturated carbocycles. The van der Waals surface area contributed by atoms with Gasteiger partial charge >= 0.3 is 0 Å². The van der Waals surface area contributed by atoms with E-state index in [0.717, 1.165) is 21.3 Å². The van der Waals surface area contributed by atoms with Crippen molar-refractivity contribution in [2.24, 2.45) is 0 Å². The molecule has 10 heteroatoms. The van der Waals surface area contributed by atoms with Crippen LogP contribution in [0.25, 0.3) is 16.8 Å². The first-order valence-electron chi connectivity index (χ1n) is 9.84. The van der Waals surface area contributed by atoms with Crippen LogP contribution in [0.1, 0.15) is 11.5 Å². The summed E-state index contributed by atoms with van der Waals surface area (Å²) in [4.78, 5) is 11.5. The predicted octanol–water partition coefficient (Wildman–Crippen LogP) is 3.29. The van der Waals surface area contributed by atoms with Gasteiger partial charge in [-0.05, 0) is 41.9 Å². The number of methoxy groups -OCH3 is 4. The zero-order valence-electron chi connectivity index (χ0n) is 18.7. The minimum Gasteiger partial charge on any atom is -0.496 e. The van der Waals surface area contributed by atoms with Crippen molar-refractivity contribution in [2.45, 2.75) is 13.8 Å². The van der Waals surface area contributed by atoms with Gasteiger partial charge in [0.1, 0.15) is 17.3 Å². The Labute approximate surface area is 190 Å². The van der Waals surface area contributed by atoms with E-state index < -0.39 is 0 Å². The molecule has 3 rings (SSSR count). The van der Waals surface area contributed by atoms with E-state index in [1.165, 1.54) is 0 Å². The van der Waals surface area contributed by atoms with Crippen LogP contribution in [0.4, 0.5) is 5.95 Å². The van der Waals surface area contributed by atoms with Gasteiger partial charge in [0.15, 0.2) is 5.65 Å². The number of hydrogen-bond donors (Lipinski definition) is 0. The summed E-state index contributed by atoms with van der Waals surface area (Å²) in [5.74, 6) is 2.65. The van der Waals surface area contributed by atoms with Gasteiger partial charge in [-0.2, -0.15) is 14.6 Å². The molecule has 0 atom stereocenters. The van der Waals surface area contributed by atoms with Gasteiger partial charge in [0.05, 0.1) is 48.7 Å². The maximum absolute atomic E-state index is 5.71. The second-order valence-corrected chi connectivity index (χ2v) is 7.75. The quantitative estimate of drug-likeness (QED) is 0.428. The Kier molecular flexibility index (Phi) is 7.69. The average molecular weight is 490 g/mol. The van der Waals surface area contributed by atoms with Crippen molar-refractivity contribution in [3.05, 3.63) is 28.1 Å². The minimum absolute atomic E-state index is 0.550. The molecule has 2 aromatic heterocycles. The standard InChI is InChI=1S/C21H28BrN5O4/c1-13-17(18-16(30-5)8-7-15(22)19(18)31-6)20-23-14(2)24-21(27(20)25-13)26(9-11-28-3)10-12-29-4/h7-8H,9-12H2,1-6H3/i22-4. The second kappa shape index (κ2) is 10.3. The van der Waals surface area contributed by atoms with Gasteiger partial charge in [0.25, 0.3) is 0 Å². The molecule has 9 nitrogen and oxygen atoms in total. The van der Waals surface area contributed by atoms with Crippen LogP contribution in [0.3, 0.4) is 0 Å². The lowest BCUT2D eigenvalue weighted by Crippen LogP contribution is -2.33. The topological polar surface area (TPSA) is 83.2 Å². The summed E-state index contributed by atoms with van der Waals surface area (Å²) in [6, 6.07) is 3.79. The van der Waals surface area contributed by atoms with Gasteiger partial charge in [-0.25, -0.2) is 4.98 Å². The molecule has 31 heavy (non-hydrogen) atoms. The number of anilines is 1. The molecule has 0 N–H and O–H groups in total. The second-order valence-electron chi connectivity index (χ2n) is 6.90. The molecule has 0 aliphatic carbocycles. The average Bonchev–Trinajstić information content (AvgIpc) is 3.08. The Morgan fingerprint density at radius 3 is 2.19 bits per heavy atom. The van der Waals surface area contributed by atoms with Crippen LogP contribution in [0, 0.1) is 13.8 Å². The first kappa shape index (κ1) is 23.2. The van der Waals surface area contributed by atoms with Crippen molar-refractivity contribution in [3.8, 4) is 22.6 Å². The molecule has 0 saturated heterocycles. The number of ether oxygens (including phenoxy) is 4. The molecule has 0 spiro atoms. The molecule has 168 valence electrons. The van der Waals surface area contributed by atoms with Crippen molar-refractivity contribution in [1.82, 2.24) is 19.6 Å². The lowest BCUT2D eigenvalue weighted by molar-refractivity contribution is 0.189. The predicted molar refractivity (Wildman–Crippen MR) is 122 cm³/mol. The number of hydrogen-bond acceptors (Lipinski definition) is 8. The molecule has 0 fully saturated rings. The van der Waals surface area contributed by atoms with Crippen LogP contribution < -0.4 is 14.4 Å². The third-order valence-corrected chi connectivity index (χ3v) is 5.54. The van der Waals surface area contributed by atoms with E-state index in [2.05, 4.69) is 20.8 Å². The van der Waals surface area contributed by atoms with Gasteiger partial charge in [-0.15, -0.1) is 0 Å². The number of fused-ring (bicyclic) bond motifs is 1. The lowest BCUT2D eigenvalue weighted by Gasteiger charge is -2.23. The van der Waals surface area contributed by atoms with Gasteiger partial charge in [0.2, 0.25) is 5.95 Å². The summed E-state index contributed by atoms with van der Waals surface area (Å²) in [6.07, 6.45) is 0. The fourth-order valence-corrected chi connectivity index (χ4v) is 3.98. The fraction of sp³-hybridized carbons (Fsp3) is 0.476. The normalized spacial score (nSPS) is 11.2. The maximum Gasteiger partial charge on any atom is 0.230 e. The van der Waals surface area contributed by atoms with E-state index in [-0.39, 0.29) is 0 Å². The highest BCUT2D eigenvalue weighted by molar-refractivity contribution is 9.10. The zero-order chi connectivity index (χ0) is 22.5. The van der Waals surface area contributed by atoms with Crippen LogP contribution in [0.2, 0.25) is 0 Å². The Bertz CT molecular complexity index is 1050. The summed E-state index contributed by atoms with van der Waals surface area (Å²) in [5.41, 5.74) is 3.08. The molecule has 3 aromatic rings. The van der Waals surface area contributed by atoms with Gasteiger partial charge < -0.3 is 23.8 Å². The first-order valence-corrected chi connectivity index (χ1v) is 10.6. The number of benzene rings is 1. The fourth-order valence-electron chi connectivity index (χ4n) is 3.49. The van der Waals surface area contributed by atoms with Gasteiger partial charge in [0, 0.05) is 27.3 Å². The summed E-state index contributed by atoms with van der Waals surface area (Å²) >= 11 is 3.58. The van der Waals surface area contributed by atoms with Crippen LogP contribution in [0.5, 0.6) is 11.5 Å². The smallest absolute Gasteiger partial charge is 0.230 e. The third kappa shape index (κ3) is 4.60. The van der Waals surface area contributed by atoms with E-state index >= 15 is 0 Å². The number of rotatable bonds is 10. The Hall–Kier alpha value is -2.43. The Morgan fingerprint density at radius 2 is 1.61 bits per heavy atom. The zero-order valence-corrected chi connectivity index (χ0v) is 20.3. The monoisotopic (exact) mass is 490 g/mol. The largest absolute Gasteiger partial charge is 0.496 e. The van der Waals surface area contributed by atoms with E-state index in [4.69, 9.17) is 34.0 Å². The SMILES string of the molecule is COCCN(CCOC)c1nc(C)nc2c(-c3c(OC)ccc([76Br])c3OC)c(C)nn12. The van der Waals surface area contributed by atoms with Gasteiger partial charge in [-0.3, -0.25) is 0 Å². The van der Waals surface area contributed by atoms with E-state index in [9.17, 15) is 0 Å². The number of halogens is 1. The maximum atomic E-state index is 5.71. The summed E-state index contributed by atoms with van der Waals surface area (Å²) in [5, 5.41) is 4.79. The van der Waals surface area contributed by atoms with Crippen molar-refractivity contribution in [1.29, 1.82) is 0 Å². The van der Waals surface area contributed by atoms with E-state index in [1.807, 2.05) is 26.0 Å². The van der Waals surface area contributed by atoms with E-state index in [0.29, 0.717) is 55.2 Å². The summed E-state index contributed by atoms with van der Waals surface area (Å²) < 4.78 is 24.5. The van der Waals surface area contributed by atoms with Crippen molar-refractivity contribution < 1.29 is 18.9 Å². The molecule has 0 radical (unpaired) electrons. The van der Waals surface area contributed by atoms with Crippen LogP contribution in [-0.4, -0.2) is 74.3 Å². The Balaban J connectivity index is 2.28. The molecule has 0 aliphatic heterocycles. The lowest BCUT2D eigenvalue weighted by atomic mass is 10.0. The first-order chi connectivity index (χ1) is 15.0. The molecule has 2 heterocycles. The number of aromatic nitrogens is 4. The van der Waals surface area contributed by atoms with Crippen LogP contribution in [-0.2, 0) is 9.47 Å². The highest BCUT2D eigenvalue weighted by atomic mass is 75.9. The Morgan fingerprint density at radius 1 is 0.935 bits per heavy atom. The molecule has 0 amide bonds. The van der Waals surface area contributed by atoms with Crippen LogP contribution in [0.15, 0.2) is 16.6 Å². The molecule has 0 unspecified atom stereocenters. The number of nitrogens with zero attached hydrogens (tertiary/aromatic N) is 5. The van der Waals surface area contributed by atoms with Crippen LogP contribution >= 0.6 is 15.9 Å². The summed E-state index contributed by atoms with van der Waals surface area (Å²) in [7, 11) is 6.62. The number of aryl methyl sites for hydroxylation is 2. The molecule has 1 aromatic carbocycles. The summed E-state index contributed by atoms with van der Waals surface area (Å²) in [6.45, 7) is 6.20. The molecular formula is C21H28BrN5O4. The molecular weight excluding hydrogens is 462 g/mol.